The zero-order valence-corrected chi connectivity index (χ0v) is 12.6. The van der Waals surface area contributed by atoms with E-state index in [1.54, 1.807) is 6.20 Å². The summed E-state index contributed by atoms with van der Waals surface area (Å²) in [4.78, 5) is 18.6. The molecule has 0 spiro atoms. The van der Waals surface area contributed by atoms with E-state index in [1.807, 2.05) is 24.1 Å². The first kappa shape index (κ1) is 13.1. The minimum absolute atomic E-state index is 0.0128. The molecule has 5 heteroatoms. The van der Waals surface area contributed by atoms with E-state index in [2.05, 4.69) is 26.2 Å². The maximum atomic E-state index is 12.5. The maximum Gasteiger partial charge on any atom is 0.273 e. The standard InChI is InChI=1S/C14H18BrN3O/c1-18(11-7-9-4-5-10(8-11)17-9)14(19)13-12(15)3-2-6-16-13/h2-3,6,9-11,17H,4-5,7-8H2,1H3. The van der Waals surface area contributed by atoms with Gasteiger partial charge >= 0.3 is 0 Å². The van der Waals surface area contributed by atoms with Crippen LogP contribution in [0.25, 0.3) is 0 Å². The van der Waals surface area contributed by atoms with Gasteiger partial charge in [-0.05, 0) is 53.7 Å². The van der Waals surface area contributed by atoms with Crippen LogP contribution in [0.4, 0.5) is 0 Å². The molecule has 0 saturated carbocycles. The highest BCUT2D eigenvalue weighted by Gasteiger charge is 2.36. The van der Waals surface area contributed by atoms with Gasteiger partial charge in [0.2, 0.25) is 0 Å². The van der Waals surface area contributed by atoms with E-state index in [-0.39, 0.29) is 5.91 Å². The van der Waals surface area contributed by atoms with Crippen LogP contribution in [0, 0.1) is 0 Å². The highest BCUT2D eigenvalue weighted by molar-refractivity contribution is 9.10. The molecule has 2 bridgehead atoms. The first-order valence-corrected chi connectivity index (χ1v) is 7.58. The lowest BCUT2D eigenvalue weighted by molar-refractivity contribution is 0.0675. The number of pyridine rings is 1. The second-order valence-electron chi connectivity index (χ2n) is 5.51. The second-order valence-corrected chi connectivity index (χ2v) is 6.37. The fraction of sp³-hybridized carbons (Fsp3) is 0.571. The molecule has 4 nitrogen and oxygen atoms in total. The van der Waals surface area contributed by atoms with Crippen LogP contribution in [0.2, 0.25) is 0 Å². The Hall–Kier alpha value is -0.940. The third kappa shape index (κ3) is 2.54. The first-order valence-electron chi connectivity index (χ1n) is 6.79. The summed E-state index contributed by atoms with van der Waals surface area (Å²) < 4.78 is 0.767. The second kappa shape index (κ2) is 5.21. The molecule has 2 fully saturated rings. The molecule has 2 saturated heterocycles. The van der Waals surface area contributed by atoms with Crippen molar-refractivity contribution >= 4 is 21.8 Å². The van der Waals surface area contributed by atoms with Gasteiger partial charge in [-0.25, -0.2) is 4.98 Å². The van der Waals surface area contributed by atoms with E-state index in [9.17, 15) is 4.79 Å². The molecule has 19 heavy (non-hydrogen) atoms. The molecule has 0 aliphatic carbocycles. The number of halogens is 1. The van der Waals surface area contributed by atoms with Gasteiger partial charge in [0.1, 0.15) is 5.69 Å². The van der Waals surface area contributed by atoms with Crippen LogP contribution in [0.1, 0.15) is 36.2 Å². The van der Waals surface area contributed by atoms with Gasteiger partial charge in [0.25, 0.3) is 5.91 Å². The van der Waals surface area contributed by atoms with Crippen LogP contribution in [-0.2, 0) is 0 Å². The number of piperidine rings is 1. The van der Waals surface area contributed by atoms with E-state index in [0.29, 0.717) is 23.8 Å². The SMILES string of the molecule is CN(C(=O)c1ncccc1Br)C1CC2CCC(C1)N2. The first-order chi connectivity index (χ1) is 9.15. The van der Waals surface area contributed by atoms with Crippen molar-refractivity contribution in [1.82, 2.24) is 15.2 Å². The molecule has 1 aromatic heterocycles. The maximum absolute atomic E-state index is 12.5. The van der Waals surface area contributed by atoms with Crippen LogP contribution in [0.5, 0.6) is 0 Å². The van der Waals surface area contributed by atoms with Gasteiger partial charge in [-0.3, -0.25) is 4.79 Å². The van der Waals surface area contributed by atoms with Gasteiger partial charge in [0, 0.05) is 35.8 Å². The third-order valence-electron chi connectivity index (χ3n) is 4.28. The predicted molar refractivity (Wildman–Crippen MR) is 77.0 cm³/mol. The van der Waals surface area contributed by atoms with Crippen LogP contribution in [0.15, 0.2) is 22.8 Å². The van der Waals surface area contributed by atoms with Crippen LogP contribution in [0.3, 0.4) is 0 Å². The van der Waals surface area contributed by atoms with Crippen molar-refractivity contribution in [3.8, 4) is 0 Å². The van der Waals surface area contributed by atoms with E-state index < -0.39 is 0 Å². The number of hydrogen-bond acceptors (Lipinski definition) is 3. The van der Waals surface area contributed by atoms with Gasteiger partial charge in [-0.15, -0.1) is 0 Å². The van der Waals surface area contributed by atoms with Crippen LogP contribution < -0.4 is 5.32 Å². The third-order valence-corrected chi connectivity index (χ3v) is 4.92. The molecule has 2 atom stereocenters. The summed E-state index contributed by atoms with van der Waals surface area (Å²) in [6.45, 7) is 0. The minimum Gasteiger partial charge on any atom is -0.337 e. The Morgan fingerprint density at radius 1 is 1.42 bits per heavy atom. The normalized spacial score (nSPS) is 29.3. The van der Waals surface area contributed by atoms with Gasteiger partial charge in [0.15, 0.2) is 0 Å². The number of carbonyl (C=O) groups is 1. The molecule has 1 aromatic rings. The van der Waals surface area contributed by atoms with Crippen molar-refractivity contribution in [1.29, 1.82) is 0 Å². The molecule has 102 valence electrons. The molecule has 1 N–H and O–H groups in total. The quantitative estimate of drug-likeness (QED) is 0.907. The number of rotatable bonds is 2. The van der Waals surface area contributed by atoms with Gasteiger partial charge in [0.05, 0.1) is 0 Å². The number of nitrogens with one attached hydrogen (secondary N) is 1. The number of fused-ring (bicyclic) bond motifs is 2. The molecule has 0 radical (unpaired) electrons. The van der Waals surface area contributed by atoms with E-state index in [4.69, 9.17) is 0 Å². The average molecular weight is 324 g/mol. The lowest BCUT2D eigenvalue weighted by Crippen LogP contribution is -2.48. The zero-order valence-electron chi connectivity index (χ0n) is 11.0. The van der Waals surface area contributed by atoms with Gasteiger partial charge in [-0.2, -0.15) is 0 Å². The highest BCUT2D eigenvalue weighted by Crippen LogP contribution is 2.30. The summed E-state index contributed by atoms with van der Waals surface area (Å²) in [6, 6.07) is 5.20. The molecule has 3 heterocycles. The highest BCUT2D eigenvalue weighted by atomic mass is 79.9. The summed E-state index contributed by atoms with van der Waals surface area (Å²) in [7, 11) is 1.90. The lowest BCUT2D eigenvalue weighted by Gasteiger charge is -2.35. The topological polar surface area (TPSA) is 45.2 Å². The Labute approximate surface area is 121 Å². The van der Waals surface area contributed by atoms with Crippen molar-refractivity contribution in [2.45, 2.75) is 43.8 Å². The fourth-order valence-corrected chi connectivity index (χ4v) is 3.64. The van der Waals surface area contributed by atoms with E-state index >= 15 is 0 Å². The molecular weight excluding hydrogens is 306 g/mol. The van der Waals surface area contributed by atoms with Crippen molar-refractivity contribution in [3.05, 3.63) is 28.5 Å². The molecule has 3 rings (SSSR count). The number of aromatic nitrogens is 1. The van der Waals surface area contributed by atoms with Crippen LogP contribution >= 0.6 is 15.9 Å². The molecule has 2 aliphatic heterocycles. The number of hydrogen-bond donors (Lipinski definition) is 1. The predicted octanol–water partition coefficient (Wildman–Crippen LogP) is 2.20. The zero-order chi connectivity index (χ0) is 13.4. The molecule has 2 aliphatic rings. The molecule has 1 amide bonds. The van der Waals surface area contributed by atoms with Crippen LogP contribution in [-0.4, -0.2) is 41.0 Å². The summed E-state index contributed by atoms with van der Waals surface area (Å²) in [5, 5.41) is 3.60. The smallest absolute Gasteiger partial charge is 0.273 e. The molecular formula is C14H18BrN3O. The Kier molecular flexibility index (Phi) is 3.58. The summed E-state index contributed by atoms with van der Waals surface area (Å²) in [5.41, 5.74) is 0.510. The Morgan fingerprint density at radius 2 is 2.11 bits per heavy atom. The fourth-order valence-electron chi connectivity index (χ4n) is 3.22. The largest absolute Gasteiger partial charge is 0.337 e. The monoisotopic (exact) mass is 323 g/mol. The van der Waals surface area contributed by atoms with Crippen molar-refractivity contribution in [3.63, 3.8) is 0 Å². The Morgan fingerprint density at radius 3 is 2.74 bits per heavy atom. The average Bonchev–Trinajstić information content (AvgIpc) is 2.76. The van der Waals surface area contributed by atoms with Crippen molar-refractivity contribution in [2.75, 3.05) is 7.05 Å². The Bertz CT molecular complexity index is 481. The van der Waals surface area contributed by atoms with Crippen molar-refractivity contribution < 1.29 is 4.79 Å². The van der Waals surface area contributed by atoms with E-state index in [0.717, 1.165) is 17.3 Å². The Balaban J connectivity index is 1.75. The number of amides is 1. The summed E-state index contributed by atoms with van der Waals surface area (Å²) in [6.07, 6.45) is 6.28. The molecule has 2 unspecified atom stereocenters. The van der Waals surface area contributed by atoms with Gasteiger partial charge < -0.3 is 10.2 Å². The molecule has 0 aromatic carbocycles. The minimum atomic E-state index is 0.0128. The summed E-state index contributed by atoms with van der Waals surface area (Å²) >= 11 is 3.40. The number of carbonyl (C=O) groups excluding carboxylic acids is 1. The summed E-state index contributed by atoms with van der Waals surface area (Å²) in [5.74, 6) is 0.0128. The number of nitrogens with zero attached hydrogens (tertiary/aromatic N) is 2. The lowest BCUT2D eigenvalue weighted by atomic mass is 9.98. The van der Waals surface area contributed by atoms with E-state index in [1.165, 1.54) is 12.8 Å². The van der Waals surface area contributed by atoms with Gasteiger partial charge in [-0.1, -0.05) is 0 Å². The van der Waals surface area contributed by atoms with Crippen molar-refractivity contribution in [2.24, 2.45) is 0 Å².